The van der Waals surface area contributed by atoms with Crippen LogP contribution in [-0.2, 0) is 19.1 Å². The van der Waals surface area contributed by atoms with Crippen molar-refractivity contribution in [1.82, 2.24) is 0 Å². The number of ether oxygens (including phenoxy) is 4. The van der Waals surface area contributed by atoms with Crippen molar-refractivity contribution < 1.29 is 38.1 Å². The zero-order valence-electron chi connectivity index (χ0n) is 15.2. The predicted octanol–water partition coefficient (Wildman–Crippen LogP) is 2.94. The lowest BCUT2D eigenvalue weighted by Gasteiger charge is -2.18. The molecule has 2 aromatic rings. The van der Waals surface area contributed by atoms with Gasteiger partial charge in [-0.2, -0.15) is 0 Å². The molecule has 30 heavy (non-hydrogen) atoms. The zero-order valence-corrected chi connectivity index (χ0v) is 15.2. The molecule has 0 N–H and O–H groups in total. The van der Waals surface area contributed by atoms with Gasteiger partial charge in [-0.15, -0.1) is 0 Å². The molecule has 0 saturated carbocycles. The lowest BCUT2D eigenvalue weighted by molar-refractivity contribution is -0.153. The highest BCUT2D eigenvalue weighted by Gasteiger charge is 2.47. The standard InChI is InChI=1S/C22H12O8/c23-19-13-6-2-8-15(17(13)21(25)29-19)27-11-4-1-5-12(10-11)28-16-9-3-7-14-18(16)22(26)30-20(14)24/h1-10,13,17H. The van der Waals surface area contributed by atoms with Gasteiger partial charge in [0.2, 0.25) is 0 Å². The molecule has 5 rings (SSSR count). The molecule has 0 radical (unpaired) electrons. The second kappa shape index (κ2) is 6.70. The number of rotatable bonds is 4. The van der Waals surface area contributed by atoms with Crippen molar-refractivity contribution in [2.75, 3.05) is 0 Å². The Hall–Kier alpha value is -4.20. The summed E-state index contributed by atoms with van der Waals surface area (Å²) in [5.74, 6) is -3.14. The lowest BCUT2D eigenvalue weighted by atomic mass is 9.89. The minimum atomic E-state index is -0.828. The fourth-order valence-electron chi connectivity index (χ4n) is 3.52. The summed E-state index contributed by atoms with van der Waals surface area (Å²) in [6, 6.07) is 11.1. The molecule has 2 heterocycles. The van der Waals surface area contributed by atoms with Crippen molar-refractivity contribution in [3.05, 3.63) is 77.6 Å². The third-order valence-electron chi connectivity index (χ3n) is 4.88. The van der Waals surface area contributed by atoms with Crippen LogP contribution in [0.1, 0.15) is 20.7 Å². The summed E-state index contributed by atoms with van der Waals surface area (Å²) in [4.78, 5) is 47.4. The van der Waals surface area contributed by atoms with Crippen LogP contribution in [0.25, 0.3) is 0 Å². The van der Waals surface area contributed by atoms with Gasteiger partial charge in [-0.3, -0.25) is 9.59 Å². The van der Waals surface area contributed by atoms with E-state index < -0.39 is 35.7 Å². The van der Waals surface area contributed by atoms with Crippen LogP contribution in [0.15, 0.2) is 66.5 Å². The van der Waals surface area contributed by atoms with Gasteiger partial charge in [-0.25, -0.2) is 9.59 Å². The third-order valence-corrected chi connectivity index (χ3v) is 4.88. The Morgan fingerprint density at radius 3 is 2.40 bits per heavy atom. The van der Waals surface area contributed by atoms with Gasteiger partial charge in [0.15, 0.2) is 0 Å². The SMILES string of the molecule is O=C1OC(=O)c2c(Oc3cccc(OC4=CC=CC5C(=O)OC(=O)C45)c3)cccc21. The molecule has 0 spiro atoms. The summed E-state index contributed by atoms with van der Waals surface area (Å²) in [5.41, 5.74) is 0.198. The number of cyclic esters (lactones) is 4. The van der Waals surface area contributed by atoms with E-state index in [9.17, 15) is 19.2 Å². The summed E-state index contributed by atoms with van der Waals surface area (Å²) < 4.78 is 20.9. The molecule has 0 aromatic heterocycles. The molecule has 2 aromatic carbocycles. The smallest absolute Gasteiger partial charge is 0.350 e. The molecule has 148 valence electrons. The van der Waals surface area contributed by atoms with E-state index in [1.807, 2.05) is 0 Å². The first-order valence-corrected chi connectivity index (χ1v) is 9.00. The Bertz CT molecular complexity index is 1190. The maximum atomic E-state index is 12.0. The second-order valence-electron chi connectivity index (χ2n) is 6.73. The van der Waals surface area contributed by atoms with Crippen molar-refractivity contribution in [2.24, 2.45) is 11.8 Å². The summed E-state index contributed by atoms with van der Waals surface area (Å²) >= 11 is 0. The molecule has 8 nitrogen and oxygen atoms in total. The highest BCUT2D eigenvalue weighted by Crippen LogP contribution is 2.37. The molecule has 3 aliphatic rings. The van der Waals surface area contributed by atoms with E-state index in [2.05, 4.69) is 4.74 Å². The van der Waals surface area contributed by atoms with Crippen LogP contribution in [0.2, 0.25) is 0 Å². The number of fused-ring (bicyclic) bond motifs is 2. The monoisotopic (exact) mass is 404 g/mol. The van der Waals surface area contributed by atoms with Crippen molar-refractivity contribution in [3.63, 3.8) is 0 Å². The van der Waals surface area contributed by atoms with E-state index >= 15 is 0 Å². The second-order valence-corrected chi connectivity index (χ2v) is 6.73. The van der Waals surface area contributed by atoms with Gasteiger partial charge < -0.3 is 18.9 Å². The first-order chi connectivity index (χ1) is 14.5. The largest absolute Gasteiger partial charge is 0.461 e. The molecule has 8 heteroatoms. The number of allylic oxidation sites excluding steroid dienone is 2. The minimum Gasteiger partial charge on any atom is -0.461 e. The minimum absolute atomic E-state index is 0.0593. The van der Waals surface area contributed by atoms with Crippen molar-refractivity contribution in [3.8, 4) is 17.2 Å². The summed E-state index contributed by atoms with van der Waals surface area (Å²) in [5, 5.41) is 0. The third kappa shape index (κ3) is 2.86. The van der Waals surface area contributed by atoms with Gasteiger partial charge in [0.05, 0.1) is 11.5 Å². The topological polar surface area (TPSA) is 105 Å². The van der Waals surface area contributed by atoms with Gasteiger partial charge in [0.25, 0.3) is 0 Å². The molecule has 1 fully saturated rings. The number of carbonyl (C=O) groups is 4. The molecular weight excluding hydrogens is 392 g/mol. The first-order valence-electron chi connectivity index (χ1n) is 9.00. The summed E-state index contributed by atoms with van der Waals surface area (Å²) in [6.45, 7) is 0. The maximum absolute atomic E-state index is 12.0. The van der Waals surface area contributed by atoms with E-state index in [1.165, 1.54) is 6.07 Å². The Kier molecular flexibility index (Phi) is 3.99. The summed E-state index contributed by atoms with van der Waals surface area (Å²) in [6.07, 6.45) is 4.83. The zero-order chi connectivity index (χ0) is 20.8. The van der Waals surface area contributed by atoms with E-state index in [0.717, 1.165) is 0 Å². The van der Waals surface area contributed by atoms with Crippen LogP contribution in [-0.4, -0.2) is 23.9 Å². The average Bonchev–Trinajstić information content (AvgIpc) is 3.19. The fourth-order valence-corrected chi connectivity index (χ4v) is 3.52. The van der Waals surface area contributed by atoms with Crippen LogP contribution in [0.5, 0.6) is 17.2 Å². The number of carbonyl (C=O) groups excluding carboxylic acids is 4. The normalized spacial score (nSPS) is 21.5. The lowest BCUT2D eigenvalue weighted by Crippen LogP contribution is -2.23. The van der Waals surface area contributed by atoms with Crippen molar-refractivity contribution in [1.29, 1.82) is 0 Å². The van der Waals surface area contributed by atoms with Crippen LogP contribution in [0, 0.1) is 11.8 Å². The van der Waals surface area contributed by atoms with Crippen LogP contribution in [0.3, 0.4) is 0 Å². The van der Waals surface area contributed by atoms with E-state index in [-0.39, 0.29) is 22.6 Å². The molecule has 1 aliphatic carbocycles. The van der Waals surface area contributed by atoms with E-state index in [4.69, 9.17) is 14.2 Å². The molecule has 2 unspecified atom stereocenters. The van der Waals surface area contributed by atoms with Crippen LogP contribution in [0.4, 0.5) is 0 Å². The Morgan fingerprint density at radius 1 is 0.800 bits per heavy atom. The number of benzene rings is 2. The Labute approximate surface area is 169 Å². The molecule has 2 atom stereocenters. The number of hydrogen-bond acceptors (Lipinski definition) is 8. The summed E-state index contributed by atoms with van der Waals surface area (Å²) in [7, 11) is 0. The van der Waals surface area contributed by atoms with Crippen LogP contribution < -0.4 is 9.47 Å². The number of hydrogen-bond donors (Lipinski definition) is 0. The fraction of sp³-hybridized carbons (Fsp3) is 0.0909. The highest BCUT2D eigenvalue weighted by molar-refractivity contribution is 6.16. The highest BCUT2D eigenvalue weighted by atomic mass is 16.6. The van der Waals surface area contributed by atoms with Gasteiger partial charge in [-0.1, -0.05) is 24.3 Å². The van der Waals surface area contributed by atoms with E-state index in [1.54, 1.807) is 54.6 Å². The van der Waals surface area contributed by atoms with E-state index in [0.29, 0.717) is 11.5 Å². The molecular formula is C22H12O8. The van der Waals surface area contributed by atoms with Crippen molar-refractivity contribution in [2.45, 2.75) is 0 Å². The molecule has 0 bridgehead atoms. The quantitative estimate of drug-likeness (QED) is 0.566. The van der Waals surface area contributed by atoms with Crippen LogP contribution >= 0.6 is 0 Å². The molecule has 0 amide bonds. The Balaban J connectivity index is 1.40. The first kappa shape index (κ1) is 17.9. The average molecular weight is 404 g/mol. The van der Waals surface area contributed by atoms with Crippen molar-refractivity contribution >= 4 is 23.9 Å². The molecule has 1 saturated heterocycles. The number of esters is 4. The van der Waals surface area contributed by atoms with Gasteiger partial charge in [0.1, 0.15) is 34.5 Å². The van der Waals surface area contributed by atoms with Gasteiger partial charge in [0, 0.05) is 6.07 Å². The Morgan fingerprint density at radius 2 is 1.57 bits per heavy atom. The van der Waals surface area contributed by atoms with Gasteiger partial charge >= 0.3 is 23.9 Å². The van der Waals surface area contributed by atoms with Gasteiger partial charge in [-0.05, 0) is 30.3 Å². The predicted molar refractivity (Wildman–Crippen MR) is 98.6 cm³/mol. The molecule has 2 aliphatic heterocycles. The maximum Gasteiger partial charge on any atom is 0.350 e.